The number of hydrogen-bond acceptors (Lipinski definition) is 7. The molecule has 0 saturated carbocycles. The quantitative estimate of drug-likeness (QED) is 0.256. The summed E-state index contributed by atoms with van der Waals surface area (Å²) in [5.41, 5.74) is 2.48. The van der Waals surface area contributed by atoms with E-state index in [2.05, 4.69) is 19.9 Å². The Kier molecular flexibility index (Phi) is 8.63. The zero-order valence-corrected chi connectivity index (χ0v) is 21.0. The summed E-state index contributed by atoms with van der Waals surface area (Å²) in [6.07, 6.45) is 1.63. The maximum Gasteiger partial charge on any atom is 1.00 e. The second-order valence-electron chi connectivity index (χ2n) is 6.58. The second-order valence-corrected chi connectivity index (χ2v) is 7.93. The summed E-state index contributed by atoms with van der Waals surface area (Å²) < 4.78 is 29.3. The molecule has 8 nitrogen and oxygen atoms in total. The van der Waals surface area contributed by atoms with E-state index in [1.54, 1.807) is 31.5 Å². The molecule has 3 heterocycles. The van der Waals surface area contributed by atoms with Crippen molar-refractivity contribution in [2.75, 3.05) is 20.3 Å². The summed E-state index contributed by atoms with van der Waals surface area (Å²) in [5.74, 6) is 2.09. The molecule has 3 aromatic heterocycles. The second kappa shape index (κ2) is 11.4. The van der Waals surface area contributed by atoms with Crippen LogP contribution in [0.2, 0.25) is 0 Å². The summed E-state index contributed by atoms with van der Waals surface area (Å²) in [4.78, 5) is 17.3. The minimum absolute atomic E-state index is 0. The van der Waals surface area contributed by atoms with Crippen molar-refractivity contribution in [1.82, 2.24) is 19.9 Å². The molecule has 4 aromatic rings. The molecule has 1 unspecified atom stereocenters. The number of benzene rings is 1. The third-order valence-corrected chi connectivity index (χ3v) is 5.67. The zero-order valence-electron chi connectivity index (χ0n) is 18.1. The smallest absolute Gasteiger partial charge is 0.496 e. The van der Waals surface area contributed by atoms with Crippen LogP contribution in [0.25, 0.3) is 11.2 Å². The first-order valence-electron chi connectivity index (χ1n) is 9.63. The van der Waals surface area contributed by atoms with E-state index in [0.717, 1.165) is 11.3 Å². The Morgan fingerprint density at radius 1 is 1.00 bits per heavy atom. The summed E-state index contributed by atoms with van der Waals surface area (Å²) in [5, 5.41) is 0.219. The van der Waals surface area contributed by atoms with E-state index in [4.69, 9.17) is 14.2 Å². The Morgan fingerprint density at radius 2 is 1.78 bits per heavy atom. The molecule has 160 valence electrons. The van der Waals surface area contributed by atoms with E-state index < -0.39 is 10.8 Å². The summed E-state index contributed by atoms with van der Waals surface area (Å²) >= 11 is 0. The Balaban J connectivity index is 0.00000289. The van der Waals surface area contributed by atoms with Gasteiger partial charge in [-0.25, -0.2) is 0 Å². The fourth-order valence-electron chi connectivity index (χ4n) is 2.93. The standard InChI is InChI=1S/C22H21N4O4S.Na/c1-15-18(23-11-10-19(15)28-2)14-31(27)22-24-17-8-9-20(25-21(17)26-22)30-13-12-29-16-6-4-3-5-7-16;/h3-11H,12-14H2,1-2H3;/q-1;+1. The number of hydrogen-bond donors (Lipinski definition) is 0. The molecule has 1 atom stereocenters. The van der Waals surface area contributed by atoms with Gasteiger partial charge >= 0.3 is 29.6 Å². The van der Waals surface area contributed by atoms with Crippen LogP contribution in [-0.2, 0) is 16.6 Å². The van der Waals surface area contributed by atoms with E-state index in [9.17, 15) is 4.21 Å². The van der Waals surface area contributed by atoms with E-state index in [-0.39, 0.29) is 40.5 Å². The molecule has 0 spiro atoms. The van der Waals surface area contributed by atoms with Crippen LogP contribution < -0.4 is 48.8 Å². The number of ether oxygens (including phenoxy) is 3. The van der Waals surface area contributed by atoms with Crippen LogP contribution in [0.5, 0.6) is 17.4 Å². The molecular weight excluding hydrogens is 439 g/mol. The Hall–Kier alpha value is -2.46. The van der Waals surface area contributed by atoms with Crippen LogP contribution in [-0.4, -0.2) is 39.5 Å². The molecule has 0 aliphatic rings. The van der Waals surface area contributed by atoms with Crippen molar-refractivity contribution in [2.24, 2.45) is 0 Å². The Bertz CT molecular complexity index is 1200. The van der Waals surface area contributed by atoms with Gasteiger partial charge in [0.1, 0.15) is 30.6 Å². The normalized spacial score (nSPS) is 11.6. The number of rotatable bonds is 9. The molecule has 32 heavy (non-hydrogen) atoms. The van der Waals surface area contributed by atoms with Crippen LogP contribution >= 0.6 is 0 Å². The van der Waals surface area contributed by atoms with Crippen molar-refractivity contribution < 1.29 is 48.0 Å². The molecule has 0 radical (unpaired) electrons. The van der Waals surface area contributed by atoms with Crippen molar-refractivity contribution in [1.29, 1.82) is 0 Å². The van der Waals surface area contributed by atoms with Crippen molar-refractivity contribution in [3.8, 4) is 17.4 Å². The number of methoxy groups -OCH3 is 1. The van der Waals surface area contributed by atoms with Crippen LogP contribution in [0, 0.1) is 6.92 Å². The first-order valence-corrected chi connectivity index (χ1v) is 10.9. The molecule has 1 aromatic carbocycles. The van der Waals surface area contributed by atoms with Gasteiger partial charge in [-0.05, 0) is 37.3 Å². The van der Waals surface area contributed by atoms with E-state index >= 15 is 0 Å². The van der Waals surface area contributed by atoms with Crippen LogP contribution in [0.3, 0.4) is 0 Å². The summed E-state index contributed by atoms with van der Waals surface area (Å²) in [7, 11) is 0.129. The van der Waals surface area contributed by atoms with Gasteiger partial charge < -0.3 is 29.2 Å². The largest absolute Gasteiger partial charge is 1.00 e. The number of fused-ring (bicyclic) bond motifs is 1. The number of para-hydroxylation sites is 1. The predicted octanol–water partition coefficient (Wildman–Crippen LogP) is 0.0686. The van der Waals surface area contributed by atoms with Crippen LogP contribution in [0.1, 0.15) is 11.3 Å². The van der Waals surface area contributed by atoms with Crippen LogP contribution in [0.15, 0.2) is 59.9 Å². The molecule has 10 heteroatoms. The maximum atomic E-state index is 12.8. The third-order valence-electron chi connectivity index (χ3n) is 4.54. The average molecular weight is 460 g/mol. The SMILES string of the molecule is COc1ccnc(CS(=O)c2nc3ccc(OCCOc4ccccc4)nc3[n-]2)c1C.[Na+]. The maximum absolute atomic E-state index is 12.8. The third kappa shape index (κ3) is 5.86. The number of pyridine rings is 2. The average Bonchev–Trinajstić information content (AvgIpc) is 3.22. The fourth-order valence-corrected chi connectivity index (χ4v) is 3.99. The molecule has 0 saturated heterocycles. The predicted molar refractivity (Wildman–Crippen MR) is 116 cm³/mol. The molecule has 0 aliphatic heterocycles. The molecule has 4 rings (SSSR count). The summed E-state index contributed by atoms with van der Waals surface area (Å²) in [6.45, 7) is 2.60. The number of nitrogens with zero attached hydrogens (tertiary/aromatic N) is 4. The minimum atomic E-state index is -1.46. The van der Waals surface area contributed by atoms with Crippen LogP contribution in [0.4, 0.5) is 0 Å². The van der Waals surface area contributed by atoms with Gasteiger partial charge in [-0.15, -0.1) is 0 Å². The Morgan fingerprint density at radius 3 is 2.56 bits per heavy atom. The molecule has 0 amide bonds. The van der Waals surface area contributed by atoms with Crippen molar-refractivity contribution in [2.45, 2.75) is 17.8 Å². The fraction of sp³-hybridized carbons (Fsp3) is 0.227. The van der Waals surface area contributed by atoms with Crippen molar-refractivity contribution in [3.63, 3.8) is 0 Å². The molecular formula is C22H21N4NaO4S. The number of imidazole rings is 1. The van der Waals surface area contributed by atoms with Gasteiger partial charge in [0.2, 0.25) is 0 Å². The Labute approximate surface area is 210 Å². The van der Waals surface area contributed by atoms with Gasteiger partial charge in [-0.3, -0.25) is 9.19 Å². The van der Waals surface area contributed by atoms with Crippen molar-refractivity contribution >= 4 is 22.0 Å². The van der Waals surface area contributed by atoms with Gasteiger partial charge in [0.25, 0.3) is 0 Å². The van der Waals surface area contributed by atoms with Gasteiger partial charge in [0, 0.05) is 22.9 Å². The molecule has 0 aliphatic carbocycles. The van der Waals surface area contributed by atoms with Gasteiger partial charge in [0.15, 0.2) is 0 Å². The summed E-state index contributed by atoms with van der Waals surface area (Å²) in [6, 6.07) is 14.7. The zero-order chi connectivity index (χ0) is 21.6. The van der Waals surface area contributed by atoms with Gasteiger partial charge in [-0.2, -0.15) is 0 Å². The first-order chi connectivity index (χ1) is 15.1. The van der Waals surface area contributed by atoms with Gasteiger partial charge in [0.05, 0.1) is 34.5 Å². The topological polar surface area (TPSA) is 97.5 Å². The minimum Gasteiger partial charge on any atom is -0.496 e. The number of aromatic nitrogens is 4. The van der Waals surface area contributed by atoms with Gasteiger partial charge in [-0.1, -0.05) is 18.2 Å². The molecule has 0 fully saturated rings. The monoisotopic (exact) mass is 460 g/mol. The molecule has 0 N–H and O–H groups in total. The van der Waals surface area contributed by atoms with E-state index in [0.29, 0.717) is 41.7 Å². The first kappa shape index (κ1) is 24.2. The molecule has 0 bridgehead atoms. The van der Waals surface area contributed by atoms with Crippen molar-refractivity contribution in [3.05, 3.63) is 66.0 Å². The van der Waals surface area contributed by atoms with E-state index in [1.165, 1.54) is 0 Å². The van der Waals surface area contributed by atoms with E-state index in [1.807, 2.05) is 37.3 Å².